The molecule has 0 aromatic heterocycles. The van der Waals surface area contributed by atoms with E-state index in [9.17, 15) is 0 Å². The largest absolute Gasteiger partial charge is 0.373 e. The summed E-state index contributed by atoms with van der Waals surface area (Å²) in [6.45, 7) is 3.02. The molecule has 0 spiro atoms. The van der Waals surface area contributed by atoms with Gasteiger partial charge in [0.2, 0.25) is 0 Å². The van der Waals surface area contributed by atoms with Gasteiger partial charge in [0, 0.05) is 5.02 Å². The van der Waals surface area contributed by atoms with Crippen LogP contribution in [-0.2, 0) is 11.2 Å². The molecule has 14 heavy (non-hydrogen) atoms. The number of aryl methyl sites for hydroxylation is 2. The average Bonchev–Trinajstić information content (AvgIpc) is 2.95. The van der Waals surface area contributed by atoms with Crippen LogP contribution in [0.25, 0.3) is 0 Å². The summed E-state index contributed by atoms with van der Waals surface area (Å²) in [5.74, 6) is 0. The van der Waals surface area contributed by atoms with E-state index in [0.717, 1.165) is 18.1 Å². The van der Waals surface area contributed by atoms with Crippen molar-refractivity contribution in [2.24, 2.45) is 0 Å². The first-order valence-electron chi connectivity index (χ1n) is 5.12. The first kappa shape index (κ1) is 10.0. The van der Waals surface area contributed by atoms with Crippen molar-refractivity contribution in [2.45, 2.75) is 32.3 Å². The first-order chi connectivity index (χ1) is 6.75. The van der Waals surface area contributed by atoms with Gasteiger partial charge in [0.05, 0.1) is 12.7 Å². The summed E-state index contributed by atoms with van der Waals surface area (Å²) < 4.78 is 5.17. The van der Waals surface area contributed by atoms with Crippen molar-refractivity contribution >= 4 is 11.6 Å². The van der Waals surface area contributed by atoms with Gasteiger partial charge in [-0.15, -0.1) is 0 Å². The molecule has 0 radical (unpaired) electrons. The van der Waals surface area contributed by atoms with Gasteiger partial charge < -0.3 is 4.74 Å². The molecule has 1 aromatic rings. The molecule has 0 saturated carbocycles. The van der Waals surface area contributed by atoms with Gasteiger partial charge in [0.25, 0.3) is 0 Å². The minimum Gasteiger partial charge on any atom is -0.373 e. The molecule has 0 amide bonds. The molecule has 0 aliphatic carbocycles. The molecule has 0 bridgehead atoms. The second-order valence-electron chi connectivity index (χ2n) is 3.93. The van der Waals surface area contributed by atoms with Crippen LogP contribution >= 0.6 is 11.6 Å². The van der Waals surface area contributed by atoms with Gasteiger partial charge in [-0.3, -0.25) is 0 Å². The Kier molecular flexibility index (Phi) is 3.09. The predicted octanol–water partition coefficient (Wildman–Crippen LogP) is 3.37. The van der Waals surface area contributed by atoms with Crippen molar-refractivity contribution in [3.05, 3.63) is 34.3 Å². The summed E-state index contributed by atoms with van der Waals surface area (Å²) in [5, 5.41) is 0.860. The Morgan fingerprint density at radius 3 is 2.93 bits per heavy atom. The third kappa shape index (κ3) is 2.73. The van der Waals surface area contributed by atoms with Crippen molar-refractivity contribution in [3.8, 4) is 0 Å². The van der Waals surface area contributed by atoms with E-state index in [4.69, 9.17) is 16.3 Å². The highest BCUT2D eigenvalue weighted by atomic mass is 35.5. The molecule has 1 aliphatic heterocycles. The van der Waals surface area contributed by atoms with E-state index in [0.29, 0.717) is 6.10 Å². The summed E-state index contributed by atoms with van der Waals surface area (Å²) in [6.07, 6.45) is 4.11. The van der Waals surface area contributed by atoms with E-state index in [1.165, 1.54) is 24.0 Å². The monoisotopic (exact) mass is 210 g/mol. The summed E-state index contributed by atoms with van der Waals surface area (Å²) >= 11 is 5.96. The minimum atomic E-state index is 0.559. The topological polar surface area (TPSA) is 12.5 Å². The Hall–Kier alpha value is -0.530. The third-order valence-corrected chi connectivity index (χ3v) is 3.04. The van der Waals surface area contributed by atoms with E-state index < -0.39 is 0 Å². The number of benzene rings is 1. The van der Waals surface area contributed by atoms with Crippen molar-refractivity contribution in [3.63, 3.8) is 0 Å². The zero-order valence-corrected chi connectivity index (χ0v) is 9.18. The van der Waals surface area contributed by atoms with Gasteiger partial charge in [-0.25, -0.2) is 0 Å². The van der Waals surface area contributed by atoms with Gasteiger partial charge in [-0.05, 0) is 43.4 Å². The summed E-state index contributed by atoms with van der Waals surface area (Å²) in [4.78, 5) is 0. The molecular weight excluding hydrogens is 196 g/mol. The molecule has 1 saturated heterocycles. The number of hydrogen-bond acceptors (Lipinski definition) is 1. The van der Waals surface area contributed by atoms with Gasteiger partial charge in [-0.1, -0.05) is 23.7 Å². The van der Waals surface area contributed by atoms with Crippen LogP contribution < -0.4 is 0 Å². The number of halogens is 1. The normalized spacial score (nSPS) is 19.7. The molecule has 2 rings (SSSR count). The van der Waals surface area contributed by atoms with E-state index in [-0.39, 0.29) is 0 Å². The van der Waals surface area contributed by atoms with Crippen molar-refractivity contribution < 1.29 is 4.74 Å². The minimum absolute atomic E-state index is 0.559. The van der Waals surface area contributed by atoms with Crippen LogP contribution in [0, 0.1) is 6.92 Å². The van der Waals surface area contributed by atoms with Crippen LogP contribution in [0.5, 0.6) is 0 Å². The Morgan fingerprint density at radius 2 is 2.29 bits per heavy atom. The average molecular weight is 211 g/mol. The third-order valence-electron chi connectivity index (χ3n) is 2.62. The number of hydrogen-bond donors (Lipinski definition) is 0. The standard InChI is InChI=1S/C12H15ClO/c1-9-7-10(5-6-12(9)13)3-2-4-11-8-14-11/h5-7,11H,2-4,8H2,1H3. The smallest absolute Gasteiger partial charge is 0.0810 e. The van der Waals surface area contributed by atoms with Crippen molar-refractivity contribution in [2.75, 3.05) is 6.61 Å². The van der Waals surface area contributed by atoms with E-state index in [1.807, 2.05) is 6.07 Å². The van der Waals surface area contributed by atoms with Crippen LogP contribution in [0.3, 0.4) is 0 Å². The number of rotatable bonds is 4. The van der Waals surface area contributed by atoms with Gasteiger partial charge in [-0.2, -0.15) is 0 Å². The van der Waals surface area contributed by atoms with Gasteiger partial charge in [0.1, 0.15) is 0 Å². The maximum Gasteiger partial charge on any atom is 0.0810 e. The summed E-state index contributed by atoms with van der Waals surface area (Å²) in [7, 11) is 0. The number of epoxide rings is 1. The van der Waals surface area contributed by atoms with Crippen LogP contribution in [0.1, 0.15) is 24.0 Å². The summed E-state index contributed by atoms with van der Waals surface area (Å²) in [6, 6.07) is 6.28. The molecule has 1 aliphatic rings. The van der Waals surface area contributed by atoms with Crippen molar-refractivity contribution in [1.82, 2.24) is 0 Å². The van der Waals surface area contributed by atoms with E-state index in [1.54, 1.807) is 0 Å². The SMILES string of the molecule is Cc1cc(CCCC2CO2)ccc1Cl. The van der Waals surface area contributed by atoms with Gasteiger partial charge in [0.15, 0.2) is 0 Å². The highest BCUT2D eigenvalue weighted by molar-refractivity contribution is 6.31. The van der Waals surface area contributed by atoms with E-state index in [2.05, 4.69) is 19.1 Å². The van der Waals surface area contributed by atoms with E-state index >= 15 is 0 Å². The van der Waals surface area contributed by atoms with Crippen LogP contribution in [0.4, 0.5) is 0 Å². The maximum atomic E-state index is 5.96. The fourth-order valence-electron chi connectivity index (χ4n) is 1.63. The molecule has 1 heterocycles. The predicted molar refractivity (Wildman–Crippen MR) is 58.9 cm³/mol. The lowest BCUT2D eigenvalue weighted by Crippen LogP contribution is -1.90. The molecule has 1 aromatic carbocycles. The molecule has 1 fully saturated rings. The lowest BCUT2D eigenvalue weighted by Gasteiger charge is -2.03. The Morgan fingerprint density at radius 1 is 1.50 bits per heavy atom. The summed E-state index contributed by atoms with van der Waals surface area (Å²) in [5.41, 5.74) is 2.55. The maximum absolute atomic E-state index is 5.96. The molecule has 0 N–H and O–H groups in total. The van der Waals surface area contributed by atoms with Gasteiger partial charge >= 0.3 is 0 Å². The van der Waals surface area contributed by atoms with Crippen LogP contribution in [-0.4, -0.2) is 12.7 Å². The Bertz CT molecular complexity index is 318. The fourth-order valence-corrected chi connectivity index (χ4v) is 1.75. The molecular formula is C12H15ClO. The second kappa shape index (κ2) is 4.33. The highest BCUT2D eigenvalue weighted by Gasteiger charge is 2.21. The molecule has 2 heteroatoms. The quantitative estimate of drug-likeness (QED) is 0.695. The Labute approximate surface area is 90.0 Å². The zero-order chi connectivity index (χ0) is 9.97. The second-order valence-corrected chi connectivity index (χ2v) is 4.34. The van der Waals surface area contributed by atoms with Crippen LogP contribution in [0.2, 0.25) is 5.02 Å². The van der Waals surface area contributed by atoms with Crippen molar-refractivity contribution in [1.29, 1.82) is 0 Å². The lowest BCUT2D eigenvalue weighted by atomic mass is 10.1. The Balaban J connectivity index is 1.85. The molecule has 1 unspecified atom stereocenters. The number of ether oxygens (including phenoxy) is 1. The lowest BCUT2D eigenvalue weighted by molar-refractivity contribution is 0.392. The fraction of sp³-hybridized carbons (Fsp3) is 0.500. The first-order valence-corrected chi connectivity index (χ1v) is 5.50. The molecule has 76 valence electrons. The van der Waals surface area contributed by atoms with Crippen LogP contribution in [0.15, 0.2) is 18.2 Å². The molecule has 1 nitrogen and oxygen atoms in total. The highest BCUT2D eigenvalue weighted by Crippen LogP contribution is 2.20. The zero-order valence-electron chi connectivity index (χ0n) is 8.42. The molecule has 1 atom stereocenters.